The Morgan fingerprint density at radius 3 is 2.83 bits per heavy atom. The largest absolute Gasteiger partial charge is 0.294 e. The van der Waals surface area contributed by atoms with Gasteiger partial charge in [-0.25, -0.2) is 0 Å². The zero-order valence-electron chi connectivity index (χ0n) is 11.2. The van der Waals surface area contributed by atoms with Crippen molar-refractivity contribution >= 4 is 21.7 Å². The summed E-state index contributed by atoms with van der Waals surface area (Å²) in [6.07, 6.45) is 5.65. The van der Waals surface area contributed by atoms with Gasteiger partial charge in [-0.15, -0.1) is 0 Å². The molecular weight excluding hydrogens is 292 g/mol. The predicted molar refractivity (Wildman–Crippen MR) is 75.5 cm³/mol. The summed E-state index contributed by atoms with van der Waals surface area (Å²) in [5.74, 6) is 0.956. The number of nitrogens with zero attached hydrogens (tertiary/aromatic N) is 2. The van der Waals surface area contributed by atoms with Gasteiger partial charge in [-0.1, -0.05) is 13.0 Å². The second-order valence-corrected chi connectivity index (χ2v) is 5.97. The van der Waals surface area contributed by atoms with Gasteiger partial charge in [0.25, 0.3) is 0 Å². The predicted octanol–water partition coefficient (Wildman–Crippen LogP) is 3.35. The average molecular weight is 311 g/mol. The van der Waals surface area contributed by atoms with E-state index in [1.165, 1.54) is 0 Å². The minimum absolute atomic E-state index is 0.241. The lowest BCUT2D eigenvalue weighted by atomic mass is 9.88. The molecule has 0 N–H and O–H groups in total. The minimum atomic E-state index is 0.241. The Morgan fingerprint density at radius 2 is 2.33 bits per heavy atom. The summed E-state index contributed by atoms with van der Waals surface area (Å²) >= 11 is 3.51. The fourth-order valence-electron chi connectivity index (χ4n) is 2.36. The highest BCUT2D eigenvalue weighted by molar-refractivity contribution is 9.10. The van der Waals surface area contributed by atoms with E-state index in [1.54, 1.807) is 4.68 Å². The summed E-state index contributed by atoms with van der Waals surface area (Å²) in [5, 5.41) is 4.32. The number of Topliss-reactive ketones (excluding diaryl/α,β-unsaturated/α-hetero) is 1. The second-order valence-electron chi connectivity index (χ2n) is 5.18. The molecule has 0 amide bonds. The number of aromatic nitrogens is 2. The van der Waals surface area contributed by atoms with Gasteiger partial charge in [0.15, 0.2) is 5.78 Å². The van der Waals surface area contributed by atoms with Crippen LogP contribution in [0.4, 0.5) is 0 Å². The minimum Gasteiger partial charge on any atom is -0.294 e. The Morgan fingerprint density at radius 1 is 1.61 bits per heavy atom. The standard InChI is InChI=1S/C14H19BrN2O/c1-9-4-6-11(7-5-9)13(18)8-12-14(15)10(2)16-17(12)3/h6,9H,4-5,7-8H2,1-3H3. The summed E-state index contributed by atoms with van der Waals surface area (Å²) in [5.41, 5.74) is 2.91. The molecule has 1 atom stereocenters. The molecule has 98 valence electrons. The molecule has 1 heterocycles. The van der Waals surface area contributed by atoms with E-state index in [4.69, 9.17) is 0 Å². The lowest BCUT2D eigenvalue weighted by Crippen LogP contribution is -2.14. The molecule has 1 aromatic rings. The molecule has 1 aliphatic carbocycles. The van der Waals surface area contributed by atoms with Crippen molar-refractivity contribution in [3.63, 3.8) is 0 Å². The van der Waals surface area contributed by atoms with Crippen molar-refractivity contribution in [1.82, 2.24) is 9.78 Å². The van der Waals surface area contributed by atoms with Crippen molar-refractivity contribution in [3.05, 3.63) is 27.5 Å². The SMILES string of the molecule is Cc1nn(C)c(CC(=O)C2=CCC(C)CC2)c1Br. The molecule has 0 aromatic carbocycles. The summed E-state index contributed by atoms with van der Waals surface area (Å²) in [4.78, 5) is 12.3. The van der Waals surface area contributed by atoms with E-state index in [0.717, 1.165) is 40.7 Å². The maximum Gasteiger partial charge on any atom is 0.164 e. The molecule has 0 bridgehead atoms. The molecule has 2 rings (SSSR count). The third-order valence-electron chi connectivity index (χ3n) is 3.62. The van der Waals surface area contributed by atoms with Gasteiger partial charge in [-0.05, 0) is 53.6 Å². The highest BCUT2D eigenvalue weighted by atomic mass is 79.9. The fraction of sp³-hybridized carbons (Fsp3) is 0.571. The van der Waals surface area contributed by atoms with Crippen molar-refractivity contribution in [2.24, 2.45) is 13.0 Å². The molecule has 0 radical (unpaired) electrons. The van der Waals surface area contributed by atoms with Crippen LogP contribution in [-0.2, 0) is 18.3 Å². The van der Waals surface area contributed by atoms with Gasteiger partial charge >= 0.3 is 0 Å². The molecule has 3 nitrogen and oxygen atoms in total. The second kappa shape index (κ2) is 5.39. The highest BCUT2D eigenvalue weighted by Gasteiger charge is 2.19. The Hall–Kier alpha value is -0.900. The van der Waals surface area contributed by atoms with Crippen LogP contribution in [0.25, 0.3) is 0 Å². The molecule has 1 aliphatic rings. The van der Waals surface area contributed by atoms with Gasteiger partial charge in [0.05, 0.1) is 22.3 Å². The van der Waals surface area contributed by atoms with Gasteiger partial charge < -0.3 is 0 Å². The first-order chi connectivity index (χ1) is 8.49. The average Bonchev–Trinajstić information content (AvgIpc) is 2.57. The summed E-state index contributed by atoms with van der Waals surface area (Å²) in [7, 11) is 1.89. The van der Waals surface area contributed by atoms with E-state index in [-0.39, 0.29) is 5.78 Å². The number of allylic oxidation sites excluding steroid dienone is 2. The Balaban J connectivity index is 2.12. The third-order valence-corrected chi connectivity index (χ3v) is 4.65. The van der Waals surface area contributed by atoms with E-state index >= 15 is 0 Å². The van der Waals surface area contributed by atoms with Gasteiger partial charge in [-0.2, -0.15) is 5.10 Å². The van der Waals surface area contributed by atoms with E-state index in [2.05, 4.69) is 34.0 Å². The van der Waals surface area contributed by atoms with E-state index in [0.29, 0.717) is 12.3 Å². The lowest BCUT2D eigenvalue weighted by molar-refractivity contribution is -0.115. The summed E-state index contributed by atoms with van der Waals surface area (Å²) in [6.45, 7) is 4.18. The van der Waals surface area contributed by atoms with E-state index < -0.39 is 0 Å². The smallest absolute Gasteiger partial charge is 0.164 e. The van der Waals surface area contributed by atoms with Crippen LogP contribution in [0.3, 0.4) is 0 Å². The van der Waals surface area contributed by atoms with Crippen molar-refractivity contribution in [2.45, 2.75) is 39.5 Å². The number of hydrogen-bond donors (Lipinski definition) is 0. The van der Waals surface area contributed by atoms with Crippen LogP contribution in [0.1, 0.15) is 37.6 Å². The monoisotopic (exact) mass is 310 g/mol. The maximum absolute atomic E-state index is 12.3. The molecule has 0 aliphatic heterocycles. The molecule has 0 saturated carbocycles. The molecule has 1 unspecified atom stereocenters. The lowest BCUT2D eigenvalue weighted by Gasteiger charge is -2.17. The third kappa shape index (κ3) is 2.74. The highest BCUT2D eigenvalue weighted by Crippen LogP contribution is 2.26. The zero-order chi connectivity index (χ0) is 13.3. The van der Waals surface area contributed by atoms with Gasteiger partial charge in [0.2, 0.25) is 0 Å². The van der Waals surface area contributed by atoms with Crippen LogP contribution in [0.2, 0.25) is 0 Å². The van der Waals surface area contributed by atoms with Crippen LogP contribution < -0.4 is 0 Å². The maximum atomic E-state index is 12.3. The number of halogens is 1. The molecule has 0 fully saturated rings. The molecule has 18 heavy (non-hydrogen) atoms. The van der Waals surface area contributed by atoms with Gasteiger partial charge in [0, 0.05) is 7.05 Å². The first kappa shape index (κ1) is 13.5. The Bertz CT molecular complexity index is 502. The Labute approximate surface area is 116 Å². The van der Waals surface area contributed by atoms with Crippen LogP contribution in [0.15, 0.2) is 16.1 Å². The number of aryl methyl sites for hydroxylation is 2. The summed E-state index contributed by atoms with van der Waals surface area (Å²) in [6, 6.07) is 0. The fourth-order valence-corrected chi connectivity index (χ4v) is 2.83. The number of hydrogen-bond acceptors (Lipinski definition) is 2. The number of carbonyl (C=O) groups excluding carboxylic acids is 1. The van der Waals surface area contributed by atoms with E-state index in [1.807, 2.05) is 14.0 Å². The molecular formula is C14H19BrN2O. The first-order valence-electron chi connectivity index (χ1n) is 6.39. The van der Waals surface area contributed by atoms with Crippen LogP contribution >= 0.6 is 15.9 Å². The quantitative estimate of drug-likeness (QED) is 0.858. The number of ketones is 1. The van der Waals surface area contributed by atoms with Crippen molar-refractivity contribution < 1.29 is 4.79 Å². The van der Waals surface area contributed by atoms with Crippen molar-refractivity contribution in [1.29, 1.82) is 0 Å². The van der Waals surface area contributed by atoms with Crippen LogP contribution in [0, 0.1) is 12.8 Å². The normalized spacial score (nSPS) is 19.8. The first-order valence-corrected chi connectivity index (χ1v) is 7.18. The van der Waals surface area contributed by atoms with Crippen LogP contribution in [-0.4, -0.2) is 15.6 Å². The number of rotatable bonds is 3. The Kier molecular flexibility index (Phi) is 4.05. The molecule has 0 spiro atoms. The summed E-state index contributed by atoms with van der Waals surface area (Å²) < 4.78 is 2.76. The number of carbonyl (C=O) groups is 1. The van der Waals surface area contributed by atoms with E-state index in [9.17, 15) is 4.79 Å². The molecule has 4 heteroatoms. The van der Waals surface area contributed by atoms with Gasteiger partial charge in [0.1, 0.15) is 0 Å². The van der Waals surface area contributed by atoms with Gasteiger partial charge in [-0.3, -0.25) is 9.48 Å². The van der Waals surface area contributed by atoms with Crippen molar-refractivity contribution in [3.8, 4) is 0 Å². The van der Waals surface area contributed by atoms with Crippen molar-refractivity contribution in [2.75, 3.05) is 0 Å². The molecule has 1 aromatic heterocycles. The topological polar surface area (TPSA) is 34.9 Å². The van der Waals surface area contributed by atoms with Crippen LogP contribution in [0.5, 0.6) is 0 Å². The molecule has 0 saturated heterocycles. The zero-order valence-corrected chi connectivity index (χ0v) is 12.7.